The molecule has 0 amide bonds. The number of carbonyl (C=O) groups excluding carboxylic acids is 1. The van der Waals surface area contributed by atoms with E-state index < -0.39 is 0 Å². The summed E-state index contributed by atoms with van der Waals surface area (Å²) in [7, 11) is 4.02. The highest BCUT2D eigenvalue weighted by Gasteiger charge is 2.17. The highest BCUT2D eigenvalue weighted by molar-refractivity contribution is 5.98. The number of aromatic nitrogens is 5. The van der Waals surface area contributed by atoms with Crippen LogP contribution in [0.1, 0.15) is 16.1 Å². The summed E-state index contributed by atoms with van der Waals surface area (Å²) in [4.78, 5) is 22.0. The van der Waals surface area contributed by atoms with Crippen LogP contribution in [0.15, 0.2) is 54.9 Å². The van der Waals surface area contributed by atoms with Crippen molar-refractivity contribution in [1.82, 2.24) is 29.9 Å². The lowest BCUT2D eigenvalue weighted by atomic mass is 10.0. The number of nitrogens with zero attached hydrogens (tertiary/aromatic N) is 7. The number of likely N-dealkylation sites (N-methyl/N-ethyl adjacent to an activating group) is 1. The number of Topliss-reactive ketones (excluding diaryl/α,β-unsaturated/α-hetero) is 1. The second kappa shape index (κ2) is 8.47. The van der Waals surface area contributed by atoms with Crippen molar-refractivity contribution < 1.29 is 4.79 Å². The van der Waals surface area contributed by atoms with Gasteiger partial charge in [0.1, 0.15) is 5.82 Å². The van der Waals surface area contributed by atoms with Gasteiger partial charge < -0.3 is 9.80 Å². The number of piperazine rings is 1. The molecule has 162 valence electrons. The topological polar surface area (TPSA) is 80.0 Å². The fourth-order valence-corrected chi connectivity index (χ4v) is 3.97. The maximum atomic E-state index is 13.0. The molecule has 0 aliphatic carbocycles. The van der Waals surface area contributed by atoms with Crippen LogP contribution in [0, 0.1) is 0 Å². The molecule has 4 heterocycles. The molecule has 1 aliphatic rings. The standard InChI is InChI=1S/C24H25N7O/c1-29-9-11-31(12-10-29)24-15-18(5-7-25-24)23(32)16-20-14-19-13-17(3-4-21(19)27-26-20)22-6-8-30(2)28-22/h3-8,13-15H,9-12,16H2,1-2H3. The Bertz CT molecular complexity index is 1270. The Kier molecular flexibility index (Phi) is 5.36. The zero-order valence-corrected chi connectivity index (χ0v) is 18.3. The number of hydrogen-bond donors (Lipinski definition) is 0. The fourth-order valence-electron chi connectivity index (χ4n) is 3.97. The first kappa shape index (κ1) is 20.3. The Morgan fingerprint density at radius 2 is 1.81 bits per heavy atom. The maximum Gasteiger partial charge on any atom is 0.169 e. The molecule has 32 heavy (non-hydrogen) atoms. The lowest BCUT2D eigenvalue weighted by Gasteiger charge is -2.33. The van der Waals surface area contributed by atoms with E-state index in [-0.39, 0.29) is 12.2 Å². The van der Waals surface area contributed by atoms with Gasteiger partial charge in [-0.3, -0.25) is 9.48 Å². The van der Waals surface area contributed by atoms with Crippen molar-refractivity contribution in [1.29, 1.82) is 0 Å². The lowest BCUT2D eigenvalue weighted by molar-refractivity contribution is 0.0991. The normalized spacial score (nSPS) is 14.8. The van der Waals surface area contributed by atoms with E-state index in [0.29, 0.717) is 11.3 Å². The Morgan fingerprint density at radius 1 is 0.969 bits per heavy atom. The zero-order chi connectivity index (χ0) is 22.1. The lowest BCUT2D eigenvalue weighted by Crippen LogP contribution is -2.44. The van der Waals surface area contributed by atoms with E-state index in [2.05, 4.69) is 37.1 Å². The Balaban J connectivity index is 1.36. The van der Waals surface area contributed by atoms with E-state index in [1.165, 1.54) is 0 Å². The minimum atomic E-state index is 0.0114. The van der Waals surface area contributed by atoms with Crippen molar-refractivity contribution in [3.05, 3.63) is 66.1 Å². The van der Waals surface area contributed by atoms with Gasteiger partial charge >= 0.3 is 0 Å². The van der Waals surface area contributed by atoms with Crippen molar-refractivity contribution in [3.63, 3.8) is 0 Å². The summed E-state index contributed by atoms with van der Waals surface area (Å²) in [6, 6.07) is 13.5. The molecule has 1 saturated heterocycles. The highest BCUT2D eigenvalue weighted by Crippen LogP contribution is 2.23. The number of benzene rings is 1. The van der Waals surface area contributed by atoms with Gasteiger partial charge in [-0.25, -0.2) is 4.98 Å². The first-order valence-electron chi connectivity index (χ1n) is 10.7. The molecular weight excluding hydrogens is 402 g/mol. The van der Waals surface area contributed by atoms with E-state index in [1.54, 1.807) is 16.9 Å². The van der Waals surface area contributed by atoms with E-state index in [9.17, 15) is 4.79 Å². The molecule has 0 spiro atoms. The predicted octanol–water partition coefficient (Wildman–Crippen LogP) is 2.60. The maximum absolute atomic E-state index is 13.0. The number of hydrogen-bond acceptors (Lipinski definition) is 7. The van der Waals surface area contributed by atoms with Crippen LogP contribution >= 0.6 is 0 Å². The van der Waals surface area contributed by atoms with Crippen molar-refractivity contribution in [2.75, 3.05) is 38.1 Å². The van der Waals surface area contributed by atoms with Gasteiger partial charge in [0.25, 0.3) is 0 Å². The number of ketones is 1. The third kappa shape index (κ3) is 4.22. The first-order chi connectivity index (χ1) is 15.5. The van der Waals surface area contributed by atoms with Crippen LogP contribution in [-0.4, -0.2) is 68.9 Å². The van der Waals surface area contributed by atoms with Crippen molar-refractivity contribution in [2.24, 2.45) is 7.05 Å². The molecule has 0 bridgehead atoms. The van der Waals surface area contributed by atoms with Crippen LogP contribution in [0.3, 0.4) is 0 Å². The fraction of sp³-hybridized carbons (Fsp3) is 0.292. The van der Waals surface area contributed by atoms with Crippen molar-refractivity contribution >= 4 is 22.5 Å². The Hall–Kier alpha value is -3.65. The molecule has 8 nitrogen and oxygen atoms in total. The first-order valence-corrected chi connectivity index (χ1v) is 10.7. The average molecular weight is 428 g/mol. The smallest absolute Gasteiger partial charge is 0.169 e. The van der Waals surface area contributed by atoms with Crippen LogP contribution in [0.5, 0.6) is 0 Å². The van der Waals surface area contributed by atoms with Crippen molar-refractivity contribution in [3.8, 4) is 11.3 Å². The molecule has 5 rings (SSSR count). The molecule has 1 aliphatic heterocycles. The van der Waals surface area contributed by atoms with Gasteiger partial charge in [0.2, 0.25) is 0 Å². The quantitative estimate of drug-likeness (QED) is 0.453. The molecule has 0 saturated carbocycles. The number of anilines is 1. The molecule has 1 aromatic carbocycles. The number of fused-ring (bicyclic) bond motifs is 1. The molecule has 0 unspecified atom stereocenters. The molecular formula is C24H25N7O. The van der Waals surface area contributed by atoms with Gasteiger partial charge in [-0.15, -0.1) is 0 Å². The molecule has 0 N–H and O–H groups in total. The van der Waals surface area contributed by atoms with Gasteiger partial charge in [0.15, 0.2) is 5.78 Å². The van der Waals surface area contributed by atoms with Crippen LogP contribution < -0.4 is 4.90 Å². The second-order valence-corrected chi connectivity index (χ2v) is 8.28. The van der Waals surface area contributed by atoms with E-state index in [1.807, 2.05) is 49.6 Å². The monoisotopic (exact) mass is 427 g/mol. The Labute approximate surface area is 186 Å². The number of rotatable bonds is 5. The summed E-state index contributed by atoms with van der Waals surface area (Å²) in [5.74, 6) is 0.867. The largest absolute Gasteiger partial charge is 0.354 e. The van der Waals surface area contributed by atoms with Gasteiger partial charge in [-0.1, -0.05) is 6.07 Å². The van der Waals surface area contributed by atoms with Crippen LogP contribution in [0.2, 0.25) is 0 Å². The number of aryl methyl sites for hydroxylation is 1. The SMILES string of the molecule is CN1CCN(c2cc(C(=O)Cc3cc4cc(-c5ccn(C)n5)ccc4nn3)ccn2)CC1. The van der Waals surface area contributed by atoms with Crippen LogP contribution in [0.25, 0.3) is 22.2 Å². The van der Waals surface area contributed by atoms with Gasteiger partial charge in [-0.2, -0.15) is 15.3 Å². The average Bonchev–Trinajstić information content (AvgIpc) is 3.25. The summed E-state index contributed by atoms with van der Waals surface area (Å²) < 4.78 is 1.78. The summed E-state index contributed by atoms with van der Waals surface area (Å²) in [6.45, 7) is 3.81. The van der Waals surface area contributed by atoms with E-state index >= 15 is 0 Å². The molecule has 0 radical (unpaired) electrons. The van der Waals surface area contributed by atoms with Crippen LogP contribution in [-0.2, 0) is 13.5 Å². The summed E-state index contributed by atoms with van der Waals surface area (Å²) in [5, 5.41) is 14.0. The molecule has 0 atom stereocenters. The van der Waals surface area contributed by atoms with Gasteiger partial charge in [-0.05, 0) is 43.4 Å². The molecule has 4 aromatic rings. The minimum Gasteiger partial charge on any atom is -0.354 e. The summed E-state index contributed by atoms with van der Waals surface area (Å²) in [6.07, 6.45) is 3.83. The van der Waals surface area contributed by atoms with E-state index in [0.717, 1.165) is 54.2 Å². The van der Waals surface area contributed by atoms with Crippen LogP contribution in [0.4, 0.5) is 5.82 Å². The number of carbonyl (C=O) groups is 1. The zero-order valence-electron chi connectivity index (χ0n) is 18.3. The molecule has 8 heteroatoms. The predicted molar refractivity (Wildman–Crippen MR) is 124 cm³/mol. The second-order valence-electron chi connectivity index (χ2n) is 8.28. The summed E-state index contributed by atoms with van der Waals surface area (Å²) >= 11 is 0. The Morgan fingerprint density at radius 3 is 2.59 bits per heavy atom. The van der Waals surface area contributed by atoms with Gasteiger partial charge in [0, 0.05) is 62.1 Å². The third-order valence-corrected chi connectivity index (χ3v) is 5.88. The van der Waals surface area contributed by atoms with Crippen molar-refractivity contribution in [2.45, 2.75) is 6.42 Å². The summed E-state index contributed by atoms with van der Waals surface area (Å²) in [5.41, 5.74) is 4.00. The third-order valence-electron chi connectivity index (χ3n) is 5.88. The number of pyridine rings is 1. The highest BCUT2D eigenvalue weighted by atomic mass is 16.1. The molecule has 1 fully saturated rings. The van der Waals surface area contributed by atoms with E-state index in [4.69, 9.17) is 0 Å². The van der Waals surface area contributed by atoms with Gasteiger partial charge in [0.05, 0.1) is 23.3 Å². The molecule has 3 aromatic heterocycles. The minimum absolute atomic E-state index is 0.0114.